The number of amides is 1. The van der Waals surface area contributed by atoms with Crippen LogP contribution < -0.4 is 11.1 Å². The molecule has 6 heteroatoms. The molecule has 0 fully saturated rings. The van der Waals surface area contributed by atoms with E-state index in [1.807, 2.05) is 20.8 Å². The fourth-order valence-corrected chi connectivity index (χ4v) is 1.24. The molecule has 1 amide bonds. The number of nitrogens with zero attached hydrogens (tertiary/aromatic N) is 2. The highest BCUT2D eigenvalue weighted by Gasteiger charge is 2.26. The highest BCUT2D eigenvalue weighted by atomic mass is 16.5. The van der Waals surface area contributed by atoms with Crippen molar-refractivity contribution in [1.82, 2.24) is 15.5 Å². The summed E-state index contributed by atoms with van der Waals surface area (Å²) in [6.07, 6.45) is 0.542. The third kappa shape index (κ3) is 4.14. The first kappa shape index (κ1) is 13.6. The van der Waals surface area contributed by atoms with Crippen molar-refractivity contribution < 1.29 is 9.32 Å². The Labute approximate surface area is 101 Å². The average molecular weight is 240 g/mol. The lowest BCUT2D eigenvalue weighted by Gasteiger charge is -2.25. The predicted octanol–water partition coefficient (Wildman–Crippen LogP) is 0.410. The number of rotatable bonds is 4. The van der Waals surface area contributed by atoms with Gasteiger partial charge in [-0.15, -0.1) is 0 Å². The van der Waals surface area contributed by atoms with Crippen molar-refractivity contribution in [3.63, 3.8) is 0 Å². The molecule has 0 aromatic carbocycles. The lowest BCUT2D eigenvalue weighted by molar-refractivity contribution is -0.124. The molecule has 1 rings (SSSR count). The number of carbonyl (C=O) groups is 1. The summed E-state index contributed by atoms with van der Waals surface area (Å²) >= 11 is 0. The standard InChI is InChI=1S/C11H20N4O2/c1-7-14-8(15-17-7)5-6-13-10(16)9(12)11(2,3)4/h9H,5-6,12H2,1-4H3,(H,13,16)/t9-/m1/s1. The van der Waals surface area contributed by atoms with Gasteiger partial charge in [-0.2, -0.15) is 4.98 Å². The Morgan fingerprint density at radius 1 is 1.53 bits per heavy atom. The lowest BCUT2D eigenvalue weighted by Crippen LogP contribution is -2.49. The molecule has 1 aromatic heterocycles. The molecule has 0 radical (unpaired) electrons. The van der Waals surface area contributed by atoms with Gasteiger partial charge in [0.1, 0.15) is 0 Å². The SMILES string of the molecule is Cc1nc(CCNC(=O)[C@@H](N)C(C)(C)C)no1. The maximum atomic E-state index is 11.7. The van der Waals surface area contributed by atoms with Gasteiger partial charge in [-0.1, -0.05) is 25.9 Å². The van der Waals surface area contributed by atoms with E-state index in [1.54, 1.807) is 6.92 Å². The first-order valence-electron chi connectivity index (χ1n) is 5.63. The van der Waals surface area contributed by atoms with Crippen molar-refractivity contribution in [2.75, 3.05) is 6.54 Å². The van der Waals surface area contributed by atoms with Gasteiger partial charge in [0.15, 0.2) is 5.82 Å². The van der Waals surface area contributed by atoms with Gasteiger partial charge in [0.05, 0.1) is 6.04 Å². The van der Waals surface area contributed by atoms with Crippen LogP contribution in [-0.4, -0.2) is 28.6 Å². The van der Waals surface area contributed by atoms with Crippen LogP contribution in [0.15, 0.2) is 4.52 Å². The molecule has 3 N–H and O–H groups in total. The molecule has 0 saturated heterocycles. The molecule has 0 spiro atoms. The second kappa shape index (κ2) is 5.27. The van der Waals surface area contributed by atoms with E-state index in [2.05, 4.69) is 15.5 Å². The van der Waals surface area contributed by atoms with Crippen LogP contribution in [0.4, 0.5) is 0 Å². The monoisotopic (exact) mass is 240 g/mol. The van der Waals surface area contributed by atoms with E-state index < -0.39 is 6.04 Å². The van der Waals surface area contributed by atoms with Crippen molar-refractivity contribution in [2.45, 2.75) is 40.2 Å². The van der Waals surface area contributed by atoms with Crippen molar-refractivity contribution in [3.8, 4) is 0 Å². The van der Waals surface area contributed by atoms with E-state index in [0.29, 0.717) is 24.7 Å². The quantitative estimate of drug-likeness (QED) is 0.795. The first-order chi connectivity index (χ1) is 7.80. The Morgan fingerprint density at radius 3 is 2.65 bits per heavy atom. The third-order valence-electron chi connectivity index (χ3n) is 2.43. The van der Waals surface area contributed by atoms with Gasteiger partial charge in [-0.05, 0) is 5.41 Å². The zero-order chi connectivity index (χ0) is 13.1. The number of nitrogens with two attached hydrogens (primary N) is 1. The molecule has 96 valence electrons. The molecule has 0 aliphatic heterocycles. The Bertz CT molecular complexity index is 381. The fourth-order valence-electron chi connectivity index (χ4n) is 1.24. The number of aryl methyl sites for hydroxylation is 1. The van der Waals surface area contributed by atoms with Gasteiger partial charge in [0.25, 0.3) is 0 Å². The largest absolute Gasteiger partial charge is 0.354 e. The molecule has 0 aliphatic rings. The van der Waals surface area contributed by atoms with Crippen molar-refractivity contribution in [1.29, 1.82) is 0 Å². The second-order valence-electron chi connectivity index (χ2n) is 5.11. The summed E-state index contributed by atoms with van der Waals surface area (Å²) in [5.74, 6) is 0.961. The maximum Gasteiger partial charge on any atom is 0.237 e. The van der Waals surface area contributed by atoms with Crippen LogP contribution in [0, 0.1) is 12.3 Å². The summed E-state index contributed by atoms with van der Waals surface area (Å²) in [5.41, 5.74) is 5.57. The molecule has 1 atom stereocenters. The zero-order valence-corrected chi connectivity index (χ0v) is 10.8. The van der Waals surface area contributed by atoms with Crippen molar-refractivity contribution in [2.24, 2.45) is 11.1 Å². The highest BCUT2D eigenvalue weighted by Crippen LogP contribution is 2.16. The molecule has 6 nitrogen and oxygen atoms in total. The number of aromatic nitrogens is 2. The summed E-state index contributed by atoms with van der Waals surface area (Å²) in [6, 6.07) is -0.519. The van der Waals surface area contributed by atoms with Gasteiger partial charge >= 0.3 is 0 Å². The summed E-state index contributed by atoms with van der Waals surface area (Å²) < 4.78 is 4.83. The van der Waals surface area contributed by atoms with Crippen LogP contribution in [0.2, 0.25) is 0 Å². The van der Waals surface area contributed by atoms with Crippen LogP contribution >= 0.6 is 0 Å². The minimum absolute atomic E-state index is 0.155. The normalized spacial score (nSPS) is 13.5. The second-order valence-corrected chi connectivity index (χ2v) is 5.11. The third-order valence-corrected chi connectivity index (χ3v) is 2.43. The molecular weight excluding hydrogens is 220 g/mol. The summed E-state index contributed by atoms with van der Waals surface area (Å²) in [5, 5.41) is 6.50. The van der Waals surface area contributed by atoms with Gasteiger partial charge in [0, 0.05) is 19.9 Å². The molecular formula is C11H20N4O2. The molecule has 0 unspecified atom stereocenters. The predicted molar refractivity (Wildman–Crippen MR) is 63.2 cm³/mol. The number of hydrogen-bond acceptors (Lipinski definition) is 5. The summed E-state index contributed by atoms with van der Waals surface area (Å²) in [6.45, 7) is 7.98. The highest BCUT2D eigenvalue weighted by molar-refractivity contribution is 5.82. The Hall–Kier alpha value is -1.43. The fraction of sp³-hybridized carbons (Fsp3) is 0.727. The topological polar surface area (TPSA) is 94.0 Å². The van der Waals surface area contributed by atoms with Gasteiger partial charge in [-0.3, -0.25) is 4.79 Å². The number of carbonyl (C=O) groups excluding carboxylic acids is 1. The summed E-state index contributed by atoms with van der Waals surface area (Å²) in [4.78, 5) is 15.7. The Morgan fingerprint density at radius 2 is 2.18 bits per heavy atom. The van der Waals surface area contributed by atoms with E-state index >= 15 is 0 Å². The molecule has 1 aromatic rings. The smallest absolute Gasteiger partial charge is 0.237 e. The van der Waals surface area contributed by atoms with E-state index in [1.165, 1.54) is 0 Å². The number of hydrogen-bond donors (Lipinski definition) is 2. The zero-order valence-electron chi connectivity index (χ0n) is 10.8. The minimum atomic E-state index is -0.519. The van der Waals surface area contributed by atoms with Crippen LogP contribution in [0.5, 0.6) is 0 Å². The molecule has 1 heterocycles. The molecule has 0 aliphatic carbocycles. The first-order valence-corrected chi connectivity index (χ1v) is 5.63. The lowest BCUT2D eigenvalue weighted by atomic mass is 9.87. The number of nitrogens with one attached hydrogen (secondary N) is 1. The molecule has 0 bridgehead atoms. The molecule has 0 saturated carbocycles. The maximum absolute atomic E-state index is 11.7. The van der Waals surface area contributed by atoms with Gasteiger partial charge in [0.2, 0.25) is 11.8 Å². The van der Waals surface area contributed by atoms with Gasteiger partial charge in [-0.25, -0.2) is 0 Å². The summed E-state index contributed by atoms with van der Waals surface area (Å²) in [7, 11) is 0. The van der Waals surface area contributed by atoms with E-state index in [9.17, 15) is 4.79 Å². The van der Waals surface area contributed by atoms with Crippen molar-refractivity contribution >= 4 is 5.91 Å². The molecule has 17 heavy (non-hydrogen) atoms. The van der Waals surface area contributed by atoms with Crippen LogP contribution in [0.25, 0.3) is 0 Å². The van der Waals surface area contributed by atoms with E-state index in [4.69, 9.17) is 10.3 Å². The van der Waals surface area contributed by atoms with Gasteiger partial charge < -0.3 is 15.6 Å². The average Bonchev–Trinajstić information content (AvgIpc) is 2.61. The van der Waals surface area contributed by atoms with Crippen molar-refractivity contribution in [3.05, 3.63) is 11.7 Å². The Kier molecular flexibility index (Phi) is 4.22. The van der Waals surface area contributed by atoms with E-state index in [-0.39, 0.29) is 11.3 Å². The van der Waals surface area contributed by atoms with Crippen LogP contribution in [-0.2, 0) is 11.2 Å². The van der Waals surface area contributed by atoms with E-state index in [0.717, 1.165) is 0 Å². The van der Waals surface area contributed by atoms with Crippen LogP contribution in [0.3, 0.4) is 0 Å². The van der Waals surface area contributed by atoms with Crippen LogP contribution in [0.1, 0.15) is 32.5 Å². The minimum Gasteiger partial charge on any atom is -0.354 e. The Balaban J connectivity index is 2.34.